The van der Waals surface area contributed by atoms with Crippen molar-refractivity contribution in [2.45, 2.75) is 17.9 Å². The van der Waals surface area contributed by atoms with Crippen molar-refractivity contribution in [3.8, 4) is 0 Å². The summed E-state index contributed by atoms with van der Waals surface area (Å²) in [6.07, 6.45) is 0. The van der Waals surface area contributed by atoms with E-state index in [-0.39, 0.29) is 35.6 Å². The first-order valence-electron chi connectivity index (χ1n) is 5.38. The molecule has 0 amide bonds. The number of nitro benzene ring substituents is 1. The van der Waals surface area contributed by atoms with Crippen molar-refractivity contribution in [2.75, 3.05) is 13.6 Å². The van der Waals surface area contributed by atoms with Gasteiger partial charge in [0.2, 0.25) is 10.0 Å². The summed E-state index contributed by atoms with van der Waals surface area (Å²) in [6, 6.07) is 3.54. The van der Waals surface area contributed by atoms with Gasteiger partial charge in [0.05, 0.1) is 9.82 Å². The van der Waals surface area contributed by atoms with E-state index in [0.717, 1.165) is 6.07 Å². The van der Waals surface area contributed by atoms with Crippen LogP contribution in [0.5, 0.6) is 0 Å². The van der Waals surface area contributed by atoms with Gasteiger partial charge in [0.15, 0.2) is 0 Å². The Kier molecular flexibility index (Phi) is 7.60. The number of hydrogen-bond donors (Lipinski definition) is 2. The lowest BCUT2D eigenvalue weighted by Gasteiger charge is -2.12. The average Bonchev–Trinajstić information content (AvgIpc) is 2.35. The van der Waals surface area contributed by atoms with Gasteiger partial charge in [-0.25, -0.2) is 13.1 Å². The van der Waals surface area contributed by atoms with Crippen LogP contribution in [0.25, 0.3) is 0 Å². The molecule has 7 nitrogen and oxygen atoms in total. The van der Waals surface area contributed by atoms with Crippen molar-refractivity contribution in [3.63, 3.8) is 0 Å². The van der Waals surface area contributed by atoms with Gasteiger partial charge in [-0.1, -0.05) is 15.9 Å². The normalized spacial score (nSPS) is 12.6. The van der Waals surface area contributed by atoms with Crippen LogP contribution in [0.15, 0.2) is 27.6 Å². The zero-order chi connectivity index (χ0) is 14.6. The van der Waals surface area contributed by atoms with Crippen LogP contribution in [-0.2, 0) is 10.0 Å². The molecule has 1 unspecified atom stereocenters. The topological polar surface area (TPSA) is 101 Å². The fraction of sp³-hybridized carbons (Fsp3) is 0.400. The molecule has 1 atom stereocenters. The van der Waals surface area contributed by atoms with Crippen LogP contribution in [0.3, 0.4) is 0 Å². The summed E-state index contributed by atoms with van der Waals surface area (Å²) in [4.78, 5) is 9.92. The summed E-state index contributed by atoms with van der Waals surface area (Å²) in [5.41, 5.74) is -0.281. The zero-order valence-corrected chi connectivity index (χ0v) is 14.0. The molecular formula is C10H15BrClN3O4S. The summed E-state index contributed by atoms with van der Waals surface area (Å²) in [7, 11) is -2.06. The van der Waals surface area contributed by atoms with E-state index in [9.17, 15) is 18.5 Å². The Bertz CT molecular complexity index is 582. The molecule has 0 saturated carbocycles. The maximum Gasteiger partial charge on any atom is 0.271 e. The minimum atomic E-state index is -3.77. The molecule has 0 aliphatic heterocycles. The Morgan fingerprint density at radius 1 is 1.40 bits per heavy atom. The van der Waals surface area contributed by atoms with Crippen molar-refractivity contribution in [2.24, 2.45) is 0 Å². The van der Waals surface area contributed by atoms with E-state index in [1.54, 1.807) is 7.05 Å². The summed E-state index contributed by atoms with van der Waals surface area (Å²) in [5.74, 6) is 0. The molecule has 10 heteroatoms. The maximum absolute atomic E-state index is 12.0. The highest BCUT2D eigenvalue weighted by molar-refractivity contribution is 9.10. The fourth-order valence-corrected chi connectivity index (χ4v) is 3.06. The number of sulfonamides is 1. The molecule has 2 N–H and O–H groups in total. The molecule has 1 aromatic rings. The number of nitrogens with one attached hydrogen (secondary N) is 2. The molecule has 0 spiro atoms. The molecule has 20 heavy (non-hydrogen) atoms. The molecule has 1 rings (SSSR count). The summed E-state index contributed by atoms with van der Waals surface area (Å²) >= 11 is 3.06. The second kappa shape index (κ2) is 7.89. The smallest absolute Gasteiger partial charge is 0.271 e. The first-order chi connectivity index (χ1) is 8.76. The number of nitrogens with zero attached hydrogens (tertiary/aromatic N) is 1. The van der Waals surface area contributed by atoms with Gasteiger partial charge in [0.25, 0.3) is 5.69 Å². The highest BCUT2D eigenvalue weighted by atomic mass is 79.9. The first-order valence-corrected chi connectivity index (χ1v) is 7.66. The maximum atomic E-state index is 12.0. The van der Waals surface area contributed by atoms with Crippen molar-refractivity contribution in [1.29, 1.82) is 0 Å². The predicted molar refractivity (Wildman–Crippen MR) is 81.8 cm³/mol. The summed E-state index contributed by atoms with van der Waals surface area (Å²) < 4.78 is 26.7. The quantitative estimate of drug-likeness (QED) is 0.570. The minimum absolute atomic E-state index is 0. The van der Waals surface area contributed by atoms with E-state index in [1.807, 2.05) is 6.92 Å². The Hall–Kier alpha value is -0.740. The second-order valence-electron chi connectivity index (χ2n) is 3.94. The van der Waals surface area contributed by atoms with Crippen LogP contribution in [0.1, 0.15) is 6.92 Å². The molecule has 0 aromatic heterocycles. The molecule has 0 aliphatic carbocycles. The molecule has 0 bridgehead atoms. The molecule has 1 aromatic carbocycles. The van der Waals surface area contributed by atoms with Gasteiger partial charge in [0.1, 0.15) is 0 Å². The van der Waals surface area contributed by atoms with Gasteiger partial charge >= 0.3 is 0 Å². The average molecular weight is 389 g/mol. The van der Waals surface area contributed by atoms with E-state index in [0.29, 0.717) is 4.47 Å². The number of likely N-dealkylation sites (N-methyl/N-ethyl adjacent to an activating group) is 1. The van der Waals surface area contributed by atoms with E-state index in [1.165, 1.54) is 12.1 Å². The second-order valence-corrected chi connectivity index (χ2v) is 6.63. The van der Waals surface area contributed by atoms with Gasteiger partial charge in [0, 0.05) is 29.2 Å². The van der Waals surface area contributed by atoms with Crippen LogP contribution < -0.4 is 10.0 Å². The molecule has 0 saturated heterocycles. The monoisotopic (exact) mass is 387 g/mol. The molecule has 114 valence electrons. The minimum Gasteiger partial charge on any atom is -0.316 e. The van der Waals surface area contributed by atoms with Crippen LogP contribution in [0.2, 0.25) is 0 Å². The van der Waals surface area contributed by atoms with Gasteiger partial charge < -0.3 is 5.32 Å². The molecular weight excluding hydrogens is 374 g/mol. The van der Waals surface area contributed by atoms with Gasteiger partial charge in [-0.2, -0.15) is 0 Å². The molecule has 0 fully saturated rings. The van der Waals surface area contributed by atoms with Crippen molar-refractivity contribution >= 4 is 44.0 Å². The Morgan fingerprint density at radius 3 is 2.50 bits per heavy atom. The SMILES string of the molecule is CNC(C)CNS(=O)(=O)c1cc(Br)cc([N+](=O)[O-])c1.Cl. The first kappa shape index (κ1) is 19.3. The lowest BCUT2D eigenvalue weighted by Crippen LogP contribution is -2.37. The molecule has 0 radical (unpaired) electrons. The molecule has 0 aliphatic rings. The lowest BCUT2D eigenvalue weighted by atomic mass is 10.3. The van der Waals surface area contributed by atoms with E-state index in [2.05, 4.69) is 26.0 Å². The van der Waals surface area contributed by atoms with Gasteiger partial charge in [-0.15, -0.1) is 12.4 Å². The third-order valence-electron chi connectivity index (χ3n) is 2.45. The fourth-order valence-electron chi connectivity index (χ4n) is 1.23. The third-order valence-corrected chi connectivity index (χ3v) is 4.31. The highest BCUT2D eigenvalue weighted by Crippen LogP contribution is 2.24. The Balaban J connectivity index is 0.00000361. The Labute approximate surface area is 131 Å². The van der Waals surface area contributed by atoms with Crippen molar-refractivity contribution < 1.29 is 13.3 Å². The Morgan fingerprint density at radius 2 is 2.00 bits per heavy atom. The van der Waals surface area contributed by atoms with Crippen LogP contribution in [0, 0.1) is 10.1 Å². The predicted octanol–water partition coefficient (Wildman–Crippen LogP) is 1.67. The largest absolute Gasteiger partial charge is 0.316 e. The van der Waals surface area contributed by atoms with E-state index < -0.39 is 14.9 Å². The third kappa shape index (κ3) is 5.33. The summed E-state index contributed by atoms with van der Waals surface area (Å²) in [6.45, 7) is 2.00. The number of halogens is 2. The van der Waals surface area contributed by atoms with Gasteiger partial charge in [-0.05, 0) is 20.0 Å². The zero-order valence-electron chi connectivity index (χ0n) is 10.8. The number of non-ortho nitro benzene ring substituents is 1. The van der Waals surface area contributed by atoms with Crippen LogP contribution >= 0.6 is 28.3 Å². The standard InChI is InChI=1S/C10H14BrN3O4S.ClH/c1-7(12-2)6-13-19(17,18)10-4-8(11)3-9(5-10)14(15)16;/h3-5,7,12-13H,6H2,1-2H3;1H. The lowest BCUT2D eigenvalue weighted by molar-refractivity contribution is -0.385. The van der Waals surface area contributed by atoms with Crippen molar-refractivity contribution in [3.05, 3.63) is 32.8 Å². The van der Waals surface area contributed by atoms with E-state index >= 15 is 0 Å². The number of benzene rings is 1. The van der Waals surface area contributed by atoms with E-state index in [4.69, 9.17) is 0 Å². The van der Waals surface area contributed by atoms with Gasteiger partial charge in [-0.3, -0.25) is 10.1 Å². The number of rotatable bonds is 6. The molecule has 0 heterocycles. The number of hydrogen-bond acceptors (Lipinski definition) is 5. The number of nitro groups is 1. The highest BCUT2D eigenvalue weighted by Gasteiger charge is 2.19. The van der Waals surface area contributed by atoms with Crippen molar-refractivity contribution in [1.82, 2.24) is 10.0 Å². The van der Waals surface area contributed by atoms with Crippen LogP contribution in [-0.4, -0.2) is 33.0 Å². The van der Waals surface area contributed by atoms with Crippen LogP contribution in [0.4, 0.5) is 5.69 Å². The summed E-state index contributed by atoms with van der Waals surface area (Å²) in [5, 5.41) is 13.6.